The largest absolute Gasteiger partial charge is 0.318 e. The molecule has 60 valence electrons. The minimum absolute atomic E-state index is 0.220. The van der Waals surface area contributed by atoms with E-state index in [1.54, 1.807) is 0 Å². The molecule has 0 atom stereocenters. The Hall–Kier alpha value is -1.19. The zero-order valence-corrected chi connectivity index (χ0v) is 5.92. The van der Waals surface area contributed by atoms with E-state index in [2.05, 4.69) is 0 Å². The second-order valence-electron chi connectivity index (χ2n) is 2.22. The van der Waals surface area contributed by atoms with Gasteiger partial charge in [0.2, 0.25) is 0 Å². The highest BCUT2D eigenvalue weighted by Crippen LogP contribution is 2.07. The van der Waals surface area contributed by atoms with Crippen LogP contribution in [0.25, 0.3) is 0 Å². The summed E-state index contributed by atoms with van der Waals surface area (Å²) in [5.74, 6) is 0. The first-order valence-electron chi connectivity index (χ1n) is 3.08. The van der Waals surface area contributed by atoms with Gasteiger partial charge in [-0.2, -0.15) is 8.78 Å². The standard InChI is InChI=1S/C7H7F2NO/c1-5-4-10(7(8)9)3-2-6(5)11/h2-4,7H,1H3. The number of halogens is 2. The first-order chi connectivity index (χ1) is 5.11. The highest BCUT2D eigenvalue weighted by molar-refractivity contribution is 5.07. The van der Waals surface area contributed by atoms with Gasteiger partial charge in [-0.3, -0.25) is 9.36 Å². The van der Waals surface area contributed by atoms with Crippen molar-refractivity contribution in [3.8, 4) is 0 Å². The molecule has 11 heavy (non-hydrogen) atoms. The molecule has 2 nitrogen and oxygen atoms in total. The Morgan fingerprint density at radius 2 is 2.18 bits per heavy atom. The SMILES string of the molecule is Cc1cn(C(F)F)ccc1=O. The average molecular weight is 159 g/mol. The number of hydrogen-bond acceptors (Lipinski definition) is 1. The average Bonchev–Trinajstić information content (AvgIpc) is 1.94. The van der Waals surface area contributed by atoms with Crippen LogP contribution in [0.4, 0.5) is 8.78 Å². The van der Waals surface area contributed by atoms with Gasteiger partial charge in [-0.25, -0.2) is 0 Å². The third-order valence-electron chi connectivity index (χ3n) is 1.35. The Kier molecular flexibility index (Phi) is 2.03. The third kappa shape index (κ3) is 1.63. The maximum Gasteiger partial charge on any atom is 0.318 e. The quantitative estimate of drug-likeness (QED) is 0.609. The minimum Gasteiger partial charge on any atom is -0.298 e. The van der Waals surface area contributed by atoms with Gasteiger partial charge in [0.05, 0.1) is 0 Å². The number of aryl methyl sites for hydroxylation is 1. The summed E-state index contributed by atoms with van der Waals surface area (Å²) in [7, 11) is 0. The number of hydrogen-bond donors (Lipinski definition) is 0. The van der Waals surface area contributed by atoms with E-state index in [1.807, 2.05) is 0 Å². The summed E-state index contributed by atoms with van der Waals surface area (Å²) in [6.07, 6.45) is 2.20. The van der Waals surface area contributed by atoms with Gasteiger partial charge >= 0.3 is 6.55 Å². The molecule has 4 heteroatoms. The summed E-state index contributed by atoms with van der Waals surface area (Å²) in [5.41, 5.74) is 0.106. The van der Waals surface area contributed by atoms with Gasteiger partial charge in [0.25, 0.3) is 0 Å². The van der Waals surface area contributed by atoms with Crippen LogP contribution in [0, 0.1) is 6.92 Å². The van der Waals surface area contributed by atoms with Crippen molar-refractivity contribution in [2.75, 3.05) is 0 Å². The van der Waals surface area contributed by atoms with Gasteiger partial charge in [-0.15, -0.1) is 0 Å². The van der Waals surface area contributed by atoms with E-state index in [0.717, 1.165) is 18.5 Å². The van der Waals surface area contributed by atoms with Crippen LogP contribution in [-0.4, -0.2) is 4.57 Å². The summed E-state index contributed by atoms with van der Waals surface area (Å²) >= 11 is 0. The lowest BCUT2D eigenvalue weighted by molar-refractivity contribution is 0.0694. The molecule has 0 amide bonds. The molecule has 0 aromatic carbocycles. The molecule has 0 saturated carbocycles. The molecule has 0 saturated heterocycles. The van der Waals surface area contributed by atoms with E-state index in [-0.39, 0.29) is 5.43 Å². The van der Waals surface area contributed by atoms with Gasteiger partial charge in [0, 0.05) is 24.0 Å². The van der Waals surface area contributed by atoms with Crippen molar-refractivity contribution in [2.45, 2.75) is 13.5 Å². The summed E-state index contributed by atoms with van der Waals surface area (Å²) in [4.78, 5) is 10.7. The van der Waals surface area contributed by atoms with Crippen LogP contribution in [-0.2, 0) is 0 Å². The van der Waals surface area contributed by atoms with Gasteiger partial charge in [0.1, 0.15) is 0 Å². The lowest BCUT2D eigenvalue weighted by Gasteiger charge is -2.03. The van der Waals surface area contributed by atoms with Crippen LogP contribution in [0.3, 0.4) is 0 Å². The topological polar surface area (TPSA) is 22.0 Å². The van der Waals surface area contributed by atoms with Gasteiger partial charge in [-0.05, 0) is 6.92 Å². The molecule has 0 radical (unpaired) electrons. The molecule has 1 heterocycles. The van der Waals surface area contributed by atoms with Crippen LogP contribution >= 0.6 is 0 Å². The lowest BCUT2D eigenvalue weighted by Crippen LogP contribution is -2.08. The van der Waals surface area contributed by atoms with Crippen LogP contribution in [0.5, 0.6) is 0 Å². The molecule has 0 aliphatic rings. The Labute approximate surface area is 62.1 Å². The smallest absolute Gasteiger partial charge is 0.298 e. The van der Waals surface area contributed by atoms with Crippen molar-refractivity contribution < 1.29 is 8.78 Å². The van der Waals surface area contributed by atoms with E-state index in [4.69, 9.17) is 0 Å². The molecule has 1 aromatic heterocycles. The summed E-state index contributed by atoms with van der Waals surface area (Å²) < 4.78 is 24.6. The highest BCUT2D eigenvalue weighted by Gasteiger charge is 2.02. The van der Waals surface area contributed by atoms with Crippen LogP contribution < -0.4 is 5.43 Å². The second kappa shape index (κ2) is 2.82. The minimum atomic E-state index is -2.57. The monoisotopic (exact) mass is 159 g/mol. The Morgan fingerprint density at radius 3 is 2.64 bits per heavy atom. The number of pyridine rings is 1. The Bertz CT molecular complexity index is 306. The Balaban J connectivity index is 3.15. The zero-order chi connectivity index (χ0) is 8.43. The van der Waals surface area contributed by atoms with Gasteiger partial charge in [-0.1, -0.05) is 0 Å². The second-order valence-corrected chi connectivity index (χ2v) is 2.22. The van der Waals surface area contributed by atoms with E-state index in [0.29, 0.717) is 10.1 Å². The molecule has 1 aromatic rings. The lowest BCUT2D eigenvalue weighted by atomic mass is 10.3. The fourth-order valence-electron chi connectivity index (χ4n) is 0.737. The molecular formula is C7H7F2NO. The molecule has 0 aliphatic heterocycles. The zero-order valence-electron chi connectivity index (χ0n) is 5.92. The maximum absolute atomic E-state index is 11.9. The van der Waals surface area contributed by atoms with Crippen molar-refractivity contribution in [1.29, 1.82) is 0 Å². The summed E-state index contributed by atoms with van der Waals surface area (Å²) in [6.45, 7) is -1.07. The van der Waals surface area contributed by atoms with Crippen molar-refractivity contribution in [3.63, 3.8) is 0 Å². The number of nitrogens with zero attached hydrogens (tertiary/aromatic N) is 1. The highest BCUT2D eigenvalue weighted by atomic mass is 19.3. The van der Waals surface area contributed by atoms with Crippen LogP contribution in [0.15, 0.2) is 23.3 Å². The number of rotatable bonds is 1. The number of alkyl halides is 2. The Morgan fingerprint density at radius 1 is 1.55 bits per heavy atom. The molecule has 0 aliphatic carbocycles. The van der Waals surface area contributed by atoms with E-state index >= 15 is 0 Å². The van der Waals surface area contributed by atoms with Crippen molar-refractivity contribution in [3.05, 3.63) is 34.2 Å². The van der Waals surface area contributed by atoms with Gasteiger partial charge in [0.15, 0.2) is 5.43 Å². The van der Waals surface area contributed by atoms with Gasteiger partial charge < -0.3 is 0 Å². The first kappa shape index (κ1) is 7.91. The van der Waals surface area contributed by atoms with E-state index in [9.17, 15) is 13.6 Å². The molecule has 0 fully saturated rings. The molecule has 1 rings (SSSR count). The van der Waals surface area contributed by atoms with Crippen molar-refractivity contribution in [1.82, 2.24) is 4.57 Å². The molecule has 0 bridgehead atoms. The normalized spacial score (nSPS) is 10.5. The fourth-order valence-corrected chi connectivity index (χ4v) is 0.737. The van der Waals surface area contributed by atoms with E-state index < -0.39 is 6.55 Å². The predicted octanol–water partition coefficient (Wildman–Crippen LogP) is 1.55. The van der Waals surface area contributed by atoms with Crippen LogP contribution in [0.1, 0.15) is 12.1 Å². The van der Waals surface area contributed by atoms with Crippen molar-refractivity contribution in [2.24, 2.45) is 0 Å². The predicted molar refractivity (Wildman–Crippen MR) is 36.7 cm³/mol. The molecule has 0 spiro atoms. The number of aromatic nitrogens is 1. The molecule has 0 N–H and O–H groups in total. The first-order valence-corrected chi connectivity index (χ1v) is 3.08. The third-order valence-corrected chi connectivity index (χ3v) is 1.35. The summed E-state index contributed by atoms with van der Waals surface area (Å²) in [6, 6.07) is 1.13. The van der Waals surface area contributed by atoms with E-state index in [1.165, 1.54) is 6.92 Å². The molecular weight excluding hydrogens is 152 g/mol. The fraction of sp³-hybridized carbons (Fsp3) is 0.286. The maximum atomic E-state index is 11.9. The summed E-state index contributed by atoms with van der Waals surface area (Å²) in [5, 5.41) is 0. The molecule has 0 unspecified atom stereocenters. The van der Waals surface area contributed by atoms with Crippen molar-refractivity contribution >= 4 is 0 Å². The van der Waals surface area contributed by atoms with Crippen LogP contribution in [0.2, 0.25) is 0 Å².